The number of nitrogens with zero attached hydrogens (tertiary/aromatic N) is 2. The number of ether oxygens (including phenoxy) is 1. The smallest absolute Gasteiger partial charge is 0.428 e. The van der Waals surface area contributed by atoms with Gasteiger partial charge in [0.25, 0.3) is 5.91 Å². The van der Waals surface area contributed by atoms with E-state index in [1.54, 1.807) is 0 Å². The number of halogens is 3. The number of hydrogen-bond acceptors (Lipinski definition) is 6. The molecule has 1 spiro atoms. The van der Waals surface area contributed by atoms with Gasteiger partial charge in [-0.05, 0) is 49.4 Å². The Hall–Kier alpha value is -3.50. The summed E-state index contributed by atoms with van der Waals surface area (Å²) in [7, 11) is 0. The van der Waals surface area contributed by atoms with E-state index in [-0.39, 0.29) is 22.7 Å². The molecule has 0 saturated carbocycles. The van der Waals surface area contributed by atoms with Gasteiger partial charge in [0.15, 0.2) is 11.4 Å². The lowest BCUT2D eigenvalue weighted by atomic mass is 9.82. The zero-order valence-electron chi connectivity index (χ0n) is 19.3. The fraction of sp³-hybridized carbons (Fsp3) is 0.320. The number of carbonyl (C=O) groups excluding carboxylic acids is 2. The van der Waals surface area contributed by atoms with Crippen LogP contribution in [0.5, 0.6) is 0 Å². The summed E-state index contributed by atoms with van der Waals surface area (Å²) >= 11 is 6.27. The van der Waals surface area contributed by atoms with Crippen molar-refractivity contribution < 1.29 is 27.5 Å². The molecule has 2 N–H and O–H groups in total. The first kappa shape index (κ1) is 24.2. The largest absolute Gasteiger partial charge is 0.451 e. The molecule has 1 saturated heterocycles. The molecule has 188 valence electrons. The molecule has 0 unspecified atom stereocenters. The van der Waals surface area contributed by atoms with Crippen molar-refractivity contribution in [3.8, 4) is 0 Å². The Morgan fingerprint density at radius 2 is 1.92 bits per heavy atom. The summed E-state index contributed by atoms with van der Waals surface area (Å²) in [6.07, 6.45) is 0.239. The van der Waals surface area contributed by atoms with Crippen molar-refractivity contribution in [1.82, 2.24) is 15.6 Å². The van der Waals surface area contributed by atoms with E-state index in [0.29, 0.717) is 54.7 Å². The lowest BCUT2D eigenvalue weighted by Crippen LogP contribution is -2.57. The first-order valence-corrected chi connectivity index (χ1v) is 11.9. The van der Waals surface area contributed by atoms with Gasteiger partial charge in [-0.3, -0.25) is 4.79 Å². The van der Waals surface area contributed by atoms with Gasteiger partial charge in [-0.2, -0.15) is 5.10 Å². The Balaban J connectivity index is 1.23. The molecule has 1 aromatic heterocycles. The maximum atomic E-state index is 13.6. The third-order valence-corrected chi connectivity index (χ3v) is 6.75. The minimum absolute atomic E-state index is 0.110. The van der Waals surface area contributed by atoms with Crippen LogP contribution in [0.2, 0.25) is 5.02 Å². The second-order valence-electron chi connectivity index (χ2n) is 9.05. The first-order valence-electron chi connectivity index (χ1n) is 11.5. The Labute approximate surface area is 210 Å². The average molecular weight is 517 g/mol. The van der Waals surface area contributed by atoms with Gasteiger partial charge >= 0.3 is 6.09 Å². The number of amides is 2. The van der Waals surface area contributed by atoms with Gasteiger partial charge in [-0.1, -0.05) is 11.6 Å². The zero-order valence-corrected chi connectivity index (χ0v) is 20.1. The minimum atomic E-state index is -0.990. The van der Waals surface area contributed by atoms with E-state index in [9.17, 15) is 18.4 Å². The zero-order chi connectivity index (χ0) is 25.4. The summed E-state index contributed by atoms with van der Waals surface area (Å²) in [5.74, 6) is -1.15. The number of likely N-dealkylation sites (tertiary alicyclic amines) is 1. The normalized spacial score (nSPS) is 18.4. The first-order chi connectivity index (χ1) is 17.2. The Kier molecular flexibility index (Phi) is 6.40. The Bertz CT molecular complexity index is 1370. The molecule has 3 heterocycles. The van der Waals surface area contributed by atoms with Crippen LogP contribution in [0.4, 0.5) is 13.6 Å². The topological polar surface area (TPSA) is 96.2 Å². The molecule has 2 aliphatic rings. The van der Waals surface area contributed by atoms with Crippen molar-refractivity contribution in [2.24, 2.45) is 5.10 Å². The van der Waals surface area contributed by atoms with E-state index in [1.165, 1.54) is 42.5 Å². The van der Waals surface area contributed by atoms with Crippen molar-refractivity contribution in [1.29, 1.82) is 0 Å². The molecule has 3 aromatic rings. The van der Waals surface area contributed by atoms with Crippen LogP contribution < -0.4 is 10.7 Å². The molecular formula is C25H23ClF2N4O4. The highest BCUT2D eigenvalue weighted by Crippen LogP contribution is 2.35. The summed E-state index contributed by atoms with van der Waals surface area (Å²) in [4.78, 5) is 26.8. The van der Waals surface area contributed by atoms with Crippen molar-refractivity contribution >= 4 is 40.3 Å². The molecule has 2 aliphatic heterocycles. The summed E-state index contributed by atoms with van der Waals surface area (Å²) in [6.45, 7) is 3.55. The van der Waals surface area contributed by atoms with Gasteiger partial charge in [0, 0.05) is 49.5 Å². The Morgan fingerprint density at radius 1 is 1.19 bits per heavy atom. The van der Waals surface area contributed by atoms with E-state index in [0.717, 1.165) is 0 Å². The summed E-state index contributed by atoms with van der Waals surface area (Å²) in [5, 5.41) is 7.81. The molecule has 0 radical (unpaired) electrons. The third kappa shape index (κ3) is 4.78. The predicted molar refractivity (Wildman–Crippen MR) is 129 cm³/mol. The molecule has 0 bridgehead atoms. The van der Waals surface area contributed by atoms with Crippen LogP contribution >= 0.6 is 11.6 Å². The standard InChI is InChI=1S/C25H23ClF2N4O4/c1-14(29-23(33)21-11-15-10-16(27)3-5-20(15)35-21)13-32-8-6-25(7-9-32)22(30-31-24(34)36-25)18-4-2-17(28)12-19(18)26/h2-5,10-12,14H,6-9,13H2,1H3,(H,29,33)(H,31,34)/t14-/m0/s1. The SMILES string of the molecule is C[C@@H](CN1CCC2(CC1)OC(=O)NN=C2c1ccc(F)cc1Cl)NC(=O)c1cc2cc(F)ccc2o1. The Morgan fingerprint density at radius 3 is 2.67 bits per heavy atom. The van der Waals surface area contributed by atoms with Crippen LogP contribution in [0.3, 0.4) is 0 Å². The van der Waals surface area contributed by atoms with Gasteiger partial charge in [0.05, 0.1) is 5.02 Å². The van der Waals surface area contributed by atoms with Gasteiger partial charge in [0.1, 0.15) is 22.9 Å². The van der Waals surface area contributed by atoms with E-state index in [1.807, 2.05) is 6.92 Å². The minimum Gasteiger partial charge on any atom is -0.451 e. The number of hydrazone groups is 1. The van der Waals surface area contributed by atoms with Gasteiger partial charge in [-0.25, -0.2) is 19.0 Å². The molecule has 5 rings (SSSR count). The van der Waals surface area contributed by atoms with Crippen LogP contribution in [0.1, 0.15) is 35.9 Å². The van der Waals surface area contributed by atoms with E-state index < -0.39 is 23.3 Å². The number of piperidine rings is 1. The van der Waals surface area contributed by atoms with Crippen LogP contribution in [0, 0.1) is 11.6 Å². The highest BCUT2D eigenvalue weighted by Gasteiger charge is 2.46. The number of hydrogen-bond donors (Lipinski definition) is 2. The highest BCUT2D eigenvalue weighted by molar-refractivity contribution is 6.35. The number of carbonyl (C=O) groups is 2. The summed E-state index contributed by atoms with van der Waals surface area (Å²) < 4.78 is 38.2. The van der Waals surface area contributed by atoms with Crippen molar-refractivity contribution in [3.05, 3.63) is 70.4 Å². The molecule has 0 aliphatic carbocycles. The molecular weight excluding hydrogens is 494 g/mol. The van der Waals surface area contributed by atoms with Gasteiger partial charge in [0.2, 0.25) is 0 Å². The summed E-state index contributed by atoms with van der Waals surface area (Å²) in [6, 6.07) is 9.37. The number of benzene rings is 2. The summed E-state index contributed by atoms with van der Waals surface area (Å²) in [5.41, 5.74) is 2.72. The maximum absolute atomic E-state index is 13.6. The third-order valence-electron chi connectivity index (χ3n) is 6.44. The van der Waals surface area contributed by atoms with Crippen LogP contribution in [0.15, 0.2) is 52.0 Å². The average Bonchev–Trinajstić information content (AvgIpc) is 3.25. The lowest BCUT2D eigenvalue weighted by Gasteiger charge is -2.43. The maximum Gasteiger partial charge on any atom is 0.428 e. The number of furan rings is 1. The second kappa shape index (κ2) is 9.51. The molecule has 2 amide bonds. The molecule has 36 heavy (non-hydrogen) atoms. The van der Waals surface area contributed by atoms with Crippen molar-refractivity contribution in [3.63, 3.8) is 0 Å². The van der Waals surface area contributed by atoms with E-state index in [2.05, 4.69) is 20.7 Å². The quantitative estimate of drug-likeness (QED) is 0.522. The fourth-order valence-electron chi connectivity index (χ4n) is 4.73. The number of fused-ring (bicyclic) bond motifs is 1. The van der Waals surface area contributed by atoms with E-state index >= 15 is 0 Å². The van der Waals surface area contributed by atoms with Crippen LogP contribution in [0.25, 0.3) is 11.0 Å². The molecule has 8 nitrogen and oxygen atoms in total. The van der Waals surface area contributed by atoms with Crippen molar-refractivity contribution in [2.45, 2.75) is 31.4 Å². The predicted octanol–water partition coefficient (Wildman–Crippen LogP) is 4.46. The van der Waals surface area contributed by atoms with E-state index in [4.69, 9.17) is 20.8 Å². The number of rotatable bonds is 5. The molecule has 2 aromatic carbocycles. The van der Waals surface area contributed by atoms with Gasteiger partial charge in [-0.15, -0.1) is 0 Å². The molecule has 11 heteroatoms. The van der Waals surface area contributed by atoms with Crippen molar-refractivity contribution in [2.75, 3.05) is 19.6 Å². The molecule has 1 fully saturated rings. The fourth-order valence-corrected chi connectivity index (χ4v) is 4.99. The molecule has 1 atom stereocenters. The van der Waals surface area contributed by atoms with Gasteiger partial charge < -0.3 is 19.4 Å². The van der Waals surface area contributed by atoms with Crippen LogP contribution in [-0.4, -0.2) is 53.9 Å². The monoisotopic (exact) mass is 516 g/mol. The number of nitrogens with one attached hydrogen (secondary N) is 2. The lowest BCUT2D eigenvalue weighted by molar-refractivity contribution is 0.00486. The second-order valence-corrected chi connectivity index (χ2v) is 9.46. The highest BCUT2D eigenvalue weighted by atomic mass is 35.5. The van der Waals surface area contributed by atoms with Crippen LogP contribution in [-0.2, 0) is 4.74 Å².